The molecule has 1 aliphatic rings. The van der Waals surface area contributed by atoms with Crippen molar-refractivity contribution in [2.75, 3.05) is 38.0 Å². The van der Waals surface area contributed by atoms with Crippen LogP contribution in [0.5, 0.6) is 0 Å². The molecule has 1 aromatic rings. The second-order valence-corrected chi connectivity index (χ2v) is 5.65. The van der Waals surface area contributed by atoms with Crippen LogP contribution in [0.3, 0.4) is 0 Å². The fourth-order valence-corrected chi connectivity index (χ4v) is 2.65. The van der Waals surface area contributed by atoms with Crippen molar-refractivity contribution in [1.29, 1.82) is 0 Å². The molecule has 0 saturated carbocycles. The molecule has 0 aliphatic carbocycles. The van der Waals surface area contributed by atoms with Gasteiger partial charge < -0.3 is 10.6 Å². The van der Waals surface area contributed by atoms with Gasteiger partial charge in [-0.25, -0.2) is 0 Å². The Morgan fingerprint density at radius 3 is 2.84 bits per heavy atom. The third-order valence-corrected chi connectivity index (χ3v) is 3.79. The molecule has 0 spiro atoms. The van der Waals surface area contributed by atoms with Gasteiger partial charge >= 0.3 is 0 Å². The maximum absolute atomic E-state index is 12.0. The lowest BCUT2D eigenvalue weighted by molar-refractivity contribution is -0.117. The molecule has 2 rings (SSSR count). The van der Waals surface area contributed by atoms with E-state index >= 15 is 0 Å². The van der Waals surface area contributed by atoms with Crippen molar-refractivity contribution in [2.24, 2.45) is 0 Å². The first-order valence-corrected chi connectivity index (χ1v) is 7.49. The number of anilines is 1. The van der Waals surface area contributed by atoms with Gasteiger partial charge in [0.2, 0.25) is 5.91 Å². The van der Waals surface area contributed by atoms with Crippen LogP contribution in [0.4, 0.5) is 5.69 Å². The molecule has 19 heavy (non-hydrogen) atoms. The van der Waals surface area contributed by atoms with Crippen LogP contribution in [0.2, 0.25) is 0 Å². The first kappa shape index (κ1) is 14.5. The van der Waals surface area contributed by atoms with Crippen LogP contribution >= 0.6 is 15.9 Å². The summed E-state index contributed by atoms with van der Waals surface area (Å²) in [5.74, 6) is 0.0684. The van der Waals surface area contributed by atoms with Gasteiger partial charge in [-0.3, -0.25) is 9.69 Å². The van der Waals surface area contributed by atoms with Gasteiger partial charge in [-0.2, -0.15) is 0 Å². The number of hydrogen-bond donors (Lipinski definition) is 2. The number of aryl methyl sites for hydroxylation is 1. The Morgan fingerprint density at radius 1 is 1.42 bits per heavy atom. The Labute approximate surface area is 122 Å². The molecule has 1 aromatic carbocycles. The average molecular weight is 326 g/mol. The molecule has 1 amide bonds. The normalized spacial score (nSPS) is 16.3. The maximum Gasteiger partial charge on any atom is 0.238 e. The quantitative estimate of drug-likeness (QED) is 0.888. The second-order valence-electron chi connectivity index (χ2n) is 4.73. The minimum absolute atomic E-state index is 0.0684. The summed E-state index contributed by atoms with van der Waals surface area (Å²) in [4.78, 5) is 14.2. The highest BCUT2D eigenvalue weighted by atomic mass is 79.9. The molecule has 0 unspecified atom stereocenters. The van der Waals surface area contributed by atoms with Gasteiger partial charge in [-0.15, -0.1) is 0 Å². The molecule has 1 heterocycles. The second kappa shape index (κ2) is 7.03. The SMILES string of the molecule is CCc1cc(Br)ccc1NC(=O)CN1CCNCC1. The van der Waals surface area contributed by atoms with Gasteiger partial charge in [0.25, 0.3) is 0 Å². The zero-order valence-electron chi connectivity index (χ0n) is 11.2. The fraction of sp³-hybridized carbons (Fsp3) is 0.500. The monoisotopic (exact) mass is 325 g/mol. The van der Waals surface area contributed by atoms with Crippen LogP contribution in [-0.4, -0.2) is 43.5 Å². The van der Waals surface area contributed by atoms with E-state index in [1.165, 1.54) is 0 Å². The number of carbonyl (C=O) groups excluding carboxylic acids is 1. The van der Waals surface area contributed by atoms with Crippen LogP contribution in [0.25, 0.3) is 0 Å². The van der Waals surface area contributed by atoms with Gasteiger partial charge in [-0.1, -0.05) is 22.9 Å². The molecule has 1 saturated heterocycles. The molecule has 0 bridgehead atoms. The molecule has 4 nitrogen and oxygen atoms in total. The number of piperazine rings is 1. The summed E-state index contributed by atoms with van der Waals surface area (Å²) in [5, 5.41) is 6.30. The van der Waals surface area contributed by atoms with Gasteiger partial charge in [0.15, 0.2) is 0 Å². The van der Waals surface area contributed by atoms with Crippen molar-refractivity contribution >= 4 is 27.5 Å². The van der Waals surface area contributed by atoms with Crippen molar-refractivity contribution in [3.63, 3.8) is 0 Å². The van der Waals surface area contributed by atoms with Crippen LogP contribution in [0.1, 0.15) is 12.5 Å². The van der Waals surface area contributed by atoms with E-state index in [2.05, 4.69) is 44.5 Å². The van der Waals surface area contributed by atoms with Crippen molar-refractivity contribution in [3.8, 4) is 0 Å². The molecule has 104 valence electrons. The van der Waals surface area contributed by atoms with Crippen LogP contribution in [0, 0.1) is 0 Å². The summed E-state index contributed by atoms with van der Waals surface area (Å²) in [7, 11) is 0. The molecule has 2 N–H and O–H groups in total. The van der Waals surface area contributed by atoms with E-state index in [4.69, 9.17) is 0 Å². The van der Waals surface area contributed by atoms with Crippen molar-refractivity contribution < 1.29 is 4.79 Å². The van der Waals surface area contributed by atoms with Crippen LogP contribution in [-0.2, 0) is 11.2 Å². The summed E-state index contributed by atoms with van der Waals surface area (Å²) in [5.41, 5.74) is 2.08. The summed E-state index contributed by atoms with van der Waals surface area (Å²) in [6.07, 6.45) is 0.905. The Kier molecular flexibility index (Phi) is 5.36. The zero-order chi connectivity index (χ0) is 13.7. The third kappa shape index (κ3) is 4.30. The standard InChI is InChI=1S/C14H20BrN3O/c1-2-11-9-12(15)3-4-13(11)17-14(19)10-18-7-5-16-6-8-18/h3-4,9,16H,2,5-8,10H2,1H3,(H,17,19). The number of amides is 1. The topological polar surface area (TPSA) is 44.4 Å². The minimum atomic E-state index is 0.0684. The molecule has 0 radical (unpaired) electrons. The van der Waals surface area contributed by atoms with Gasteiger partial charge in [0.1, 0.15) is 0 Å². The van der Waals surface area contributed by atoms with Crippen molar-refractivity contribution in [3.05, 3.63) is 28.2 Å². The van der Waals surface area contributed by atoms with E-state index in [1.807, 2.05) is 12.1 Å². The van der Waals surface area contributed by atoms with Gasteiger partial charge in [-0.05, 0) is 30.2 Å². The minimum Gasteiger partial charge on any atom is -0.325 e. The largest absolute Gasteiger partial charge is 0.325 e. The molecule has 1 fully saturated rings. The van der Waals surface area contributed by atoms with Crippen LogP contribution < -0.4 is 10.6 Å². The van der Waals surface area contributed by atoms with E-state index in [0.29, 0.717) is 6.54 Å². The number of rotatable bonds is 4. The molecule has 0 atom stereocenters. The molecule has 0 aromatic heterocycles. The van der Waals surface area contributed by atoms with E-state index in [0.717, 1.165) is 48.3 Å². The van der Waals surface area contributed by atoms with E-state index < -0.39 is 0 Å². The smallest absolute Gasteiger partial charge is 0.238 e. The van der Waals surface area contributed by atoms with Gasteiger partial charge in [0, 0.05) is 36.3 Å². The lowest BCUT2D eigenvalue weighted by Crippen LogP contribution is -2.46. The molecule has 5 heteroatoms. The Morgan fingerprint density at radius 2 is 2.16 bits per heavy atom. The molecular formula is C14H20BrN3O. The predicted octanol–water partition coefficient (Wildman–Crippen LogP) is 1.86. The highest BCUT2D eigenvalue weighted by molar-refractivity contribution is 9.10. The predicted molar refractivity (Wildman–Crippen MR) is 81.5 cm³/mol. The Bertz CT molecular complexity index is 444. The number of benzene rings is 1. The van der Waals surface area contributed by atoms with E-state index in [-0.39, 0.29) is 5.91 Å². The lowest BCUT2D eigenvalue weighted by Gasteiger charge is -2.26. The Hall–Kier alpha value is -0.910. The van der Waals surface area contributed by atoms with Crippen molar-refractivity contribution in [2.45, 2.75) is 13.3 Å². The van der Waals surface area contributed by atoms with E-state index in [1.54, 1.807) is 0 Å². The number of nitrogens with zero attached hydrogens (tertiary/aromatic N) is 1. The lowest BCUT2D eigenvalue weighted by atomic mass is 10.1. The third-order valence-electron chi connectivity index (χ3n) is 3.30. The summed E-state index contributed by atoms with van der Waals surface area (Å²) in [6, 6.07) is 5.97. The Balaban J connectivity index is 1.94. The summed E-state index contributed by atoms with van der Waals surface area (Å²) >= 11 is 3.46. The van der Waals surface area contributed by atoms with Gasteiger partial charge in [0.05, 0.1) is 6.54 Å². The maximum atomic E-state index is 12.0. The molecule has 1 aliphatic heterocycles. The van der Waals surface area contributed by atoms with E-state index in [9.17, 15) is 4.79 Å². The number of hydrogen-bond acceptors (Lipinski definition) is 3. The highest BCUT2D eigenvalue weighted by Crippen LogP contribution is 2.21. The fourth-order valence-electron chi connectivity index (χ4n) is 2.24. The summed E-state index contributed by atoms with van der Waals surface area (Å²) in [6.45, 7) is 6.37. The zero-order valence-corrected chi connectivity index (χ0v) is 12.8. The molecular weight excluding hydrogens is 306 g/mol. The van der Waals surface area contributed by atoms with Crippen LogP contribution in [0.15, 0.2) is 22.7 Å². The number of halogens is 1. The first-order chi connectivity index (χ1) is 9.19. The summed E-state index contributed by atoms with van der Waals surface area (Å²) < 4.78 is 1.05. The average Bonchev–Trinajstić information content (AvgIpc) is 2.42. The van der Waals surface area contributed by atoms with Crippen molar-refractivity contribution in [1.82, 2.24) is 10.2 Å². The first-order valence-electron chi connectivity index (χ1n) is 6.70. The number of nitrogens with one attached hydrogen (secondary N) is 2. The number of carbonyl (C=O) groups is 1. The highest BCUT2D eigenvalue weighted by Gasteiger charge is 2.14.